The monoisotopic (exact) mass is 240 g/mol. The lowest BCUT2D eigenvalue weighted by Crippen LogP contribution is -1.80. The van der Waals surface area contributed by atoms with Gasteiger partial charge in [-0.3, -0.25) is 0 Å². The Morgan fingerprint density at radius 3 is 3.12 bits per heavy atom. The van der Waals surface area contributed by atoms with Gasteiger partial charge in [-0.05, 0) is 6.07 Å². The summed E-state index contributed by atoms with van der Waals surface area (Å²) in [5.74, 6) is 0. The minimum atomic E-state index is 0.353. The lowest BCUT2D eigenvalue weighted by molar-refractivity contribution is 0.617. The number of nitriles is 1. The molecule has 0 N–H and O–H groups in total. The second-order valence-electron chi connectivity index (χ2n) is 3.62. The van der Waals surface area contributed by atoms with Gasteiger partial charge in [0.15, 0.2) is 0 Å². The molecule has 4 heteroatoms. The van der Waals surface area contributed by atoms with E-state index >= 15 is 0 Å². The highest BCUT2D eigenvalue weighted by Gasteiger charge is 2.11. The Hall–Kier alpha value is -2.12. The van der Waals surface area contributed by atoms with Crippen molar-refractivity contribution >= 4 is 22.3 Å². The van der Waals surface area contributed by atoms with Crippen LogP contribution in [0, 0.1) is 11.3 Å². The quantitative estimate of drug-likeness (QED) is 0.687. The summed E-state index contributed by atoms with van der Waals surface area (Å²) in [4.78, 5) is 4.43. The Balaban J connectivity index is 2.11. The molecule has 82 valence electrons. The average Bonchev–Trinajstić information content (AvgIpc) is 2.95. The minimum absolute atomic E-state index is 0.353. The van der Waals surface area contributed by atoms with Crippen molar-refractivity contribution < 1.29 is 4.42 Å². The van der Waals surface area contributed by atoms with Gasteiger partial charge in [0.25, 0.3) is 0 Å². The van der Waals surface area contributed by atoms with Crippen LogP contribution >= 0.6 is 11.3 Å². The summed E-state index contributed by atoms with van der Waals surface area (Å²) in [6.45, 7) is 0. The van der Waals surface area contributed by atoms with E-state index in [0.717, 1.165) is 27.2 Å². The normalized spacial score (nSPS) is 10.5. The van der Waals surface area contributed by atoms with Gasteiger partial charge in [-0.1, -0.05) is 18.2 Å². The Labute approximate surface area is 102 Å². The molecule has 0 spiro atoms. The van der Waals surface area contributed by atoms with Crippen LogP contribution < -0.4 is 0 Å². The Bertz CT molecular complexity index is 705. The first-order valence-electron chi connectivity index (χ1n) is 5.16. The predicted molar refractivity (Wildman–Crippen MR) is 66.6 cm³/mol. The molecule has 17 heavy (non-hydrogen) atoms. The molecule has 3 nitrogen and oxygen atoms in total. The molecule has 2 heterocycles. The highest BCUT2D eigenvalue weighted by Crippen LogP contribution is 2.32. The predicted octanol–water partition coefficient (Wildman–Crippen LogP) is 3.62. The number of hydrogen-bond donors (Lipinski definition) is 0. The number of rotatable bonds is 2. The number of aromatic nitrogens is 1. The maximum absolute atomic E-state index is 8.63. The summed E-state index contributed by atoms with van der Waals surface area (Å²) in [5.41, 5.74) is 2.67. The molecule has 0 unspecified atom stereocenters. The van der Waals surface area contributed by atoms with Gasteiger partial charge in [-0.2, -0.15) is 5.26 Å². The van der Waals surface area contributed by atoms with Crippen molar-refractivity contribution in [2.24, 2.45) is 0 Å². The maximum Gasteiger partial charge on any atom is 0.134 e. The fraction of sp³-hybridized carbons (Fsp3) is 0.0769. The van der Waals surface area contributed by atoms with Crippen molar-refractivity contribution in [1.82, 2.24) is 4.98 Å². The fourth-order valence-electron chi connectivity index (χ4n) is 1.74. The summed E-state index contributed by atoms with van der Waals surface area (Å²) in [6.07, 6.45) is 2.08. The van der Waals surface area contributed by atoms with Crippen molar-refractivity contribution in [2.75, 3.05) is 0 Å². The zero-order chi connectivity index (χ0) is 11.7. The van der Waals surface area contributed by atoms with Gasteiger partial charge in [0.2, 0.25) is 0 Å². The van der Waals surface area contributed by atoms with Crippen LogP contribution in [-0.4, -0.2) is 4.98 Å². The van der Waals surface area contributed by atoms with Crippen LogP contribution in [0.4, 0.5) is 0 Å². The molecule has 3 aromatic rings. The lowest BCUT2D eigenvalue weighted by atomic mass is 10.2. The van der Waals surface area contributed by atoms with Crippen LogP contribution in [0.5, 0.6) is 0 Å². The van der Waals surface area contributed by atoms with E-state index in [2.05, 4.69) is 11.1 Å². The zero-order valence-electron chi connectivity index (χ0n) is 8.88. The minimum Gasteiger partial charge on any atom is -0.464 e. The van der Waals surface area contributed by atoms with Crippen LogP contribution in [0.15, 0.2) is 40.3 Å². The van der Waals surface area contributed by atoms with Crippen molar-refractivity contribution in [3.8, 4) is 16.6 Å². The molecular weight excluding hydrogens is 232 g/mol. The molecule has 1 aromatic carbocycles. The topological polar surface area (TPSA) is 49.8 Å². The van der Waals surface area contributed by atoms with Crippen molar-refractivity contribution in [3.63, 3.8) is 0 Å². The fourth-order valence-corrected chi connectivity index (χ4v) is 2.57. The van der Waals surface area contributed by atoms with Gasteiger partial charge in [-0.15, -0.1) is 11.3 Å². The summed E-state index contributed by atoms with van der Waals surface area (Å²) < 4.78 is 5.47. The van der Waals surface area contributed by atoms with E-state index < -0.39 is 0 Å². The van der Waals surface area contributed by atoms with Crippen LogP contribution in [0.1, 0.15) is 5.69 Å². The number of thiazole rings is 1. The smallest absolute Gasteiger partial charge is 0.134 e. The van der Waals surface area contributed by atoms with Crippen LogP contribution in [0.2, 0.25) is 0 Å². The number of nitrogens with zero attached hydrogens (tertiary/aromatic N) is 2. The van der Waals surface area contributed by atoms with Crippen LogP contribution in [0.25, 0.3) is 21.5 Å². The first kappa shape index (κ1) is 10.1. The zero-order valence-corrected chi connectivity index (χ0v) is 9.70. The highest BCUT2D eigenvalue weighted by molar-refractivity contribution is 7.13. The maximum atomic E-state index is 8.63. The number of hydrogen-bond acceptors (Lipinski definition) is 4. The Morgan fingerprint density at radius 1 is 1.35 bits per heavy atom. The van der Waals surface area contributed by atoms with E-state index in [4.69, 9.17) is 9.68 Å². The number of fused-ring (bicyclic) bond motifs is 1. The van der Waals surface area contributed by atoms with Gasteiger partial charge in [0.1, 0.15) is 16.9 Å². The van der Waals surface area contributed by atoms with Gasteiger partial charge >= 0.3 is 0 Å². The van der Waals surface area contributed by atoms with E-state index in [1.54, 1.807) is 6.26 Å². The molecular formula is C13H8N2OS. The summed E-state index contributed by atoms with van der Waals surface area (Å²) in [6, 6.07) is 9.97. The van der Waals surface area contributed by atoms with E-state index in [-0.39, 0.29) is 0 Å². The van der Waals surface area contributed by atoms with Gasteiger partial charge in [-0.25, -0.2) is 4.98 Å². The molecule has 0 saturated carbocycles. The third-order valence-electron chi connectivity index (χ3n) is 2.52. The Morgan fingerprint density at radius 2 is 2.24 bits per heavy atom. The standard InChI is InChI=1S/C13H8N2OS/c14-6-5-9-8-17-13(15-9)11-7-16-12-4-2-1-3-10(11)12/h1-4,7-8H,5H2. The first-order valence-corrected chi connectivity index (χ1v) is 6.04. The molecule has 0 amide bonds. The van der Waals surface area contributed by atoms with Gasteiger partial charge in [0, 0.05) is 10.8 Å². The third-order valence-corrected chi connectivity index (χ3v) is 3.45. The summed E-state index contributed by atoms with van der Waals surface area (Å²) >= 11 is 1.54. The highest BCUT2D eigenvalue weighted by atomic mass is 32.1. The molecule has 0 aliphatic carbocycles. The largest absolute Gasteiger partial charge is 0.464 e. The van der Waals surface area contributed by atoms with Crippen LogP contribution in [0.3, 0.4) is 0 Å². The molecule has 3 rings (SSSR count). The molecule has 0 atom stereocenters. The molecule has 2 aromatic heterocycles. The van der Waals surface area contributed by atoms with Crippen molar-refractivity contribution in [2.45, 2.75) is 6.42 Å². The first-order chi connectivity index (χ1) is 8.38. The molecule has 0 aliphatic rings. The second-order valence-corrected chi connectivity index (χ2v) is 4.48. The molecule has 0 aliphatic heterocycles. The molecule has 0 saturated heterocycles. The van der Waals surface area contributed by atoms with E-state index in [0.29, 0.717) is 6.42 Å². The number of furan rings is 1. The van der Waals surface area contributed by atoms with Gasteiger partial charge < -0.3 is 4.42 Å². The number of para-hydroxylation sites is 1. The molecule has 0 bridgehead atoms. The molecule has 0 radical (unpaired) electrons. The average molecular weight is 240 g/mol. The number of benzene rings is 1. The summed E-state index contributed by atoms with van der Waals surface area (Å²) in [7, 11) is 0. The Kier molecular flexibility index (Phi) is 2.39. The SMILES string of the molecule is N#CCc1csc(-c2coc3ccccc23)n1. The van der Waals surface area contributed by atoms with E-state index in [9.17, 15) is 0 Å². The van der Waals surface area contributed by atoms with Crippen molar-refractivity contribution in [3.05, 3.63) is 41.6 Å². The summed E-state index contributed by atoms with van der Waals surface area (Å²) in [5, 5.41) is 12.5. The van der Waals surface area contributed by atoms with E-state index in [1.165, 1.54) is 11.3 Å². The van der Waals surface area contributed by atoms with E-state index in [1.807, 2.05) is 29.6 Å². The van der Waals surface area contributed by atoms with Gasteiger partial charge in [0.05, 0.1) is 23.7 Å². The van der Waals surface area contributed by atoms with Crippen LogP contribution in [-0.2, 0) is 6.42 Å². The third kappa shape index (κ3) is 1.71. The molecule has 0 fully saturated rings. The van der Waals surface area contributed by atoms with Crippen molar-refractivity contribution in [1.29, 1.82) is 5.26 Å². The lowest BCUT2D eigenvalue weighted by Gasteiger charge is -1.91. The second kappa shape index (κ2) is 4.04.